The van der Waals surface area contributed by atoms with Crippen LogP contribution in [0.2, 0.25) is 0 Å². The Hall–Kier alpha value is -7.97. The summed E-state index contributed by atoms with van der Waals surface area (Å²) in [7, 11) is 2.15. The monoisotopic (exact) mass is 1010 g/mol. The van der Waals surface area contributed by atoms with Crippen LogP contribution in [0.15, 0.2) is 194 Å². The number of thiazole rings is 5. The lowest BCUT2D eigenvalue weighted by molar-refractivity contribution is 1.13. The summed E-state index contributed by atoms with van der Waals surface area (Å²) < 4.78 is 5.51. The molecule has 0 N–H and O–H groups in total. The number of nitrogens with zero attached hydrogens (tertiary/aromatic N) is 7. The van der Waals surface area contributed by atoms with Gasteiger partial charge in [0.15, 0.2) is 0 Å². The van der Waals surface area contributed by atoms with E-state index in [1.165, 1.54) is 0 Å². The van der Waals surface area contributed by atoms with Crippen molar-refractivity contribution < 1.29 is 0 Å². The molecule has 0 saturated carbocycles. The van der Waals surface area contributed by atoms with Crippen LogP contribution in [-0.4, -0.2) is 32.0 Å². The molecule has 0 bridgehead atoms. The molecule has 340 valence electrons. The molecule has 1 aliphatic rings. The molecule has 0 spiro atoms. The van der Waals surface area contributed by atoms with Gasteiger partial charge in [-0.2, -0.15) is 0 Å². The summed E-state index contributed by atoms with van der Waals surface area (Å²) in [6, 6.07) is 68.7. The second kappa shape index (κ2) is 16.6. The Bertz CT molecular complexity index is 4100. The standard InChI is InChI=1S/C60H35N7S5/c1-66-41-24-7-9-26-43(41)67(44-27-10-8-25-42(44)66)35-18-16-17-34(33-35)50-51(56-61-36-19-2-11-28-45(36)68-56)53(58-63-38-21-4-13-30-47(38)70-58)55(60-65-40-23-6-15-32-49(40)72-60)54(59-64-39-22-5-14-31-48(39)71-59)52(50)57-62-37-20-3-12-29-46(37)69-57/h2-33H,1H3. The van der Waals surface area contributed by atoms with Crippen molar-refractivity contribution in [2.24, 2.45) is 0 Å². The zero-order chi connectivity index (χ0) is 47.4. The van der Waals surface area contributed by atoms with Crippen LogP contribution in [0.4, 0.5) is 28.4 Å². The topological polar surface area (TPSA) is 70.9 Å². The molecular formula is C60H35N7S5. The highest BCUT2D eigenvalue weighted by Gasteiger charge is 2.36. The van der Waals surface area contributed by atoms with Gasteiger partial charge in [0.05, 0.1) is 73.8 Å². The molecule has 9 aromatic carbocycles. The van der Waals surface area contributed by atoms with Crippen molar-refractivity contribution in [3.05, 3.63) is 194 Å². The van der Waals surface area contributed by atoms with E-state index < -0.39 is 0 Å². The highest BCUT2D eigenvalue weighted by Crippen LogP contribution is 2.60. The van der Waals surface area contributed by atoms with Crippen molar-refractivity contribution >= 4 is 136 Å². The molecule has 0 saturated heterocycles. The molecule has 5 aromatic heterocycles. The predicted molar refractivity (Wildman–Crippen MR) is 308 cm³/mol. The average molecular weight is 1010 g/mol. The first-order valence-electron chi connectivity index (χ1n) is 23.5. The van der Waals surface area contributed by atoms with E-state index in [4.69, 9.17) is 24.9 Å². The minimum atomic E-state index is 0.885. The summed E-state index contributed by atoms with van der Waals surface area (Å²) in [5, 5.41) is 4.44. The van der Waals surface area contributed by atoms with Gasteiger partial charge in [-0.05, 0) is 103 Å². The van der Waals surface area contributed by atoms with E-state index in [2.05, 4.69) is 211 Å². The van der Waals surface area contributed by atoms with E-state index in [0.717, 1.165) is 144 Å². The molecule has 0 radical (unpaired) electrons. The summed E-state index contributed by atoms with van der Waals surface area (Å²) >= 11 is 8.56. The Morgan fingerprint density at radius 2 is 0.583 bits per heavy atom. The molecule has 6 heterocycles. The van der Waals surface area contributed by atoms with Crippen LogP contribution in [0.25, 0.3) is 115 Å². The zero-order valence-electron chi connectivity index (χ0n) is 38.1. The SMILES string of the molecule is CN1c2ccccc2N(c2cccc(-c3c(-c4nc5ccccc5s4)c(-c4nc5ccccc5s4)c(-c4nc5ccccc5s4)c(-c4nc5ccccc5s4)c3-c3nc4ccccc4s3)c2)c2ccccc21. The maximum absolute atomic E-state index is 5.61. The first kappa shape index (κ1) is 41.8. The molecular weight excluding hydrogens is 979 g/mol. The number of fused-ring (bicyclic) bond motifs is 7. The molecule has 0 aliphatic carbocycles. The third-order valence-corrected chi connectivity index (χ3v) is 18.7. The summed E-state index contributed by atoms with van der Waals surface area (Å²) in [5.41, 5.74) is 17.1. The van der Waals surface area contributed by atoms with E-state index in [-0.39, 0.29) is 0 Å². The largest absolute Gasteiger partial charge is 0.341 e. The van der Waals surface area contributed by atoms with Crippen LogP contribution in [0.1, 0.15) is 0 Å². The van der Waals surface area contributed by atoms with Crippen molar-refractivity contribution in [1.82, 2.24) is 24.9 Å². The van der Waals surface area contributed by atoms with Crippen LogP contribution in [-0.2, 0) is 0 Å². The van der Waals surface area contributed by atoms with Gasteiger partial charge in [0.2, 0.25) is 0 Å². The molecule has 14 aromatic rings. The van der Waals surface area contributed by atoms with E-state index in [1.54, 1.807) is 56.7 Å². The maximum atomic E-state index is 5.61. The van der Waals surface area contributed by atoms with Gasteiger partial charge >= 0.3 is 0 Å². The minimum absolute atomic E-state index is 0.885. The van der Waals surface area contributed by atoms with Crippen LogP contribution >= 0.6 is 56.7 Å². The molecule has 0 atom stereocenters. The van der Waals surface area contributed by atoms with Crippen molar-refractivity contribution in [2.75, 3.05) is 16.8 Å². The van der Waals surface area contributed by atoms with Crippen LogP contribution in [0.3, 0.4) is 0 Å². The van der Waals surface area contributed by atoms with E-state index >= 15 is 0 Å². The molecule has 0 amide bonds. The summed E-state index contributed by atoms with van der Waals surface area (Å²) in [4.78, 5) is 32.7. The first-order valence-corrected chi connectivity index (χ1v) is 27.5. The number of benzene rings is 9. The van der Waals surface area contributed by atoms with Gasteiger partial charge in [-0.1, -0.05) is 97.1 Å². The van der Waals surface area contributed by atoms with E-state index in [0.29, 0.717) is 0 Å². The molecule has 7 nitrogen and oxygen atoms in total. The minimum Gasteiger partial charge on any atom is -0.341 e. The number of hydrogen-bond donors (Lipinski definition) is 0. The fourth-order valence-corrected chi connectivity index (χ4v) is 15.3. The van der Waals surface area contributed by atoms with Gasteiger partial charge in [-0.15, -0.1) is 56.7 Å². The Balaban J connectivity index is 1.17. The number of anilines is 5. The Kier molecular flexibility index (Phi) is 9.61. The quantitative estimate of drug-likeness (QED) is 0.157. The van der Waals surface area contributed by atoms with E-state index in [1.807, 2.05) is 0 Å². The third kappa shape index (κ3) is 6.60. The van der Waals surface area contributed by atoms with Crippen molar-refractivity contribution in [1.29, 1.82) is 0 Å². The highest BCUT2D eigenvalue weighted by molar-refractivity contribution is 7.24. The lowest BCUT2D eigenvalue weighted by Gasteiger charge is -2.38. The normalized spacial score (nSPS) is 12.5. The first-order chi connectivity index (χ1) is 35.6. The van der Waals surface area contributed by atoms with Gasteiger partial charge in [0, 0.05) is 46.1 Å². The highest BCUT2D eigenvalue weighted by atomic mass is 32.1. The summed E-state index contributed by atoms with van der Waals surface area (Å²) in [5.74, 6) is 0. The Morgan fingerprint density at radius 1 is 0.292 bits per heavy atom. The van der Waals surface area contributed by atoms with Crippen LogP contribution in [0, 0.1) is 0 Å². The molecule has 72 heavy (non-hydrogen) atoms. The number of aromatic nitrogens is 5. The fourth-order valence-electron chi connectivity index (χ4n) is 10.2. The third-order valence-electron chi connectivity index (χ3n) is 13.4. The number of rotatable bonds is 7. The van der Waals surface area contributed by atoms with E-state index in [9.17, 15) is 0 Å². The molecule has 0 unspecified atom stereocenters. The Labute approximate surface area is 432 Å². The van der Waals surface area contributed by atoms with Crippen molar-refractivity contribution in [3.8, 4) is 64.0 Å². The second-order valence-electron chi connectivity index (χ2n) is 17.6. The smallest absolute Gasteiger partial charge is 0.126 e. The maximum Gasteiger partial charge on any atom is 0.126 e. The predicted octanol–water partition coefficient (Wildman–Crippen LogP) is 18.3. The summed E-state index contributed by atoms with van der Waals surface area (Å²) in [6.07, 6.45) is 0. The lowest BCUT2D eigenvalue weighted by Crippen LogP contribution is -2.23. The van der Waals surface area contributed by atoms with Crippen molar-refractivity contribution in [2.45, 2.75) is 0 Å². The lowest BCUT2D eigenvalue weighted by atomic mass is 9.83. The van der Waals surface area contributed by atoms with Gasteiger partial charge in [0.1, 0.15) is 25.0 Å². The summed E-state index contributed by atoms with van der Waals surface area (Å²) in [6.45, 7) is 0. The second-order valence-corrected chi connectivity index (χ2v) is 22.8. The zero-order valence-corrected chi connectivity index (χ0v) is 42.2. The van der Waals surface area contributed by atoms with Crippen molar-refractivity contribution in [3.63, 3.8) is 0 Å². The van der Waals surface area contributed by atoms with Gasteiger partial charge in [-0.25, -0.2) is 24.9 Å². The molecule has 0 fully saturated rings. The fraction of sp³-hybridized carbons (Fsp3) is 0.0167. The van der Waals surface area contributed by atoms with Crippen LogP contribution in [0.5, 0.6) is 0 Å². The molecule has 1 aliphatic heterocycles. The van der Waals surface area contributed by atoms with Crippen LogP contribution < -0.4 is 9.80 Å². The molecule has 15 rings (SSSR count). The average Bonchev–Trinajstić information content (AvgIpc) is 4.29. The molecule has 12 heteroatoms. The van der Waals surface area contributed by atoms with Gasteiger partial charge in [-0.3, -0.25) is 0 Å². The number of hydrogen-bond acceptors (Lipinski definition) is 12. The Morgan fingerprint density at radius 3 is 0.917 bits per heavy atom. The van der Waals surface area contributed by atoms with Gasteiger partial charge in [0.25, 0.3) is 0 Å². The van der Waals surface area contributed by atoms with Gasteiger partial charge < -0.3 is 9.80 Å². The number of para-hydroxylation sites is 9.